The van der Waals surface area contributed by atoms with E-state index in [2.05, 4.69) is 20.9 Å². The summed E-state index contributed by atoms with van der Waals surface area (Å²) in [5.41, 5.74) is 1.88. The maximum absolute atomic E-state index is 14.2. The van der Waals surface area contributed by atoms with Gasteiger partial charge in [0, 0.05) is 57.0 Å². The van der Waals surface area contributed by atoms with Crippen LogP contribution in [0.1, 0.15) is 62.5 Å². The van der Waals surface area contributed by atoms with Crippen LogP contribution in [-0.2, 0) is 32.1 Å². The SMILES string of the molecule is O=C1Cc2ccccc2CNC(=O)[C@@H]2C[C@H](NC3CCOCC3)CN2C(=O)[C@@H]2C[C@@H](CN2C2CCCC2)N1. The fourth-order valence-electron chi connectivity index (χ4n) is 7.34. The quantitative estimate of drug-likeness (QED) is 0.549. The van der Waals surface area contributed by atoms with Crippen LogP contribution in [-0.4, -0.2) is 90.1 Å². The summed E-state index contributed by atoms with van der Waals surface area (Å²) in [6.07, 6.45) is 7.96. The second-order valence-electron chi connectivity index (χ2n) is 11.8. The predicted molar refractivity (Wildman–Crippen MR) is 142 cm³/mol. The van der Waals surface area contributed by atoms with Gasteiger partial charge in [0.05, 0.1) is 12.5 Å². The number of hydrogen-bond donors (Lipinski definition) is 3. The van der Waals surface area contributed by atoms with Gasteiger partial charge in [-0.3, -0.25) is 19.3 Å². The third-order valence-electron chi connectivity index (χ3n) is 9.29. The number of nitrogens with one attached hydrogen (secondary N) is 3. The Morgan fingerprint density at radius 2 is 1.63 bits per heavy atom. The highest BCUT2D eigenvalue weighted by atomic mass is 16.5. The number of nitrogens with zero attached hydrogens (tertiary/aromatic N) is 2. The zero-order valence-electron chi connectivity index (χ0n) is 22.2. The Kier molecular flexibility index (Phi) is 7.68. The summed E-state index contributed by atoms with van der Waals surface area (Å²) < 4.78 is 5.52. The molecule has 6 rings (SSSR count). The Hall–Kier alpha value is -2.49. The molecule has 38 heavy (non-hydrogen) atoms. The van der Waals surface area contributed by atoms with E-state index >= 15 is 0 Å². The van der Waals surface area contributed by atoms with Crippen LogP contribution in [0.3, 0.4) is 0 Å². The van der Waals surface area contributed by atoms with Crippen LogP contribution in [0.25, 0.3) is 0 Å². The standard InChI is InChI=1S/C29H41N5O4/c35-27-13-19-5-1-2-6-20(19)16-30-28(36)25-14-22(31-21-9-11-38-12-10-21)18-34(25)29(37)26-15-23(32-27)17-33(26)24-7-3-4-8-24/h1-2,5-6,21-26,31H,3-4,7-18H2,(H,30,36)(H,32,35)/t22-,23-,25-,26-/m0/s1. The van der Waals surface area contributed by atoms with Gasteiger partial charge in [-0.05, 0) is 49.7 Å². The molecule has 4 aliphatic heterocycles. The van der Waals surface area contributed by atoms with E-state index in [1.54, 1.807) is 0 Å². The Labute approximate surface area is 225 Å². The van der Waals surface area contributed by atoms with Gasteiger partial charge < -0.3 is 25.6 Å². The van der Waals surface area contributed by atoms with E-state index < -0.39 is 6.04 Å². The number of hydrogen-bond acceptors (Lipinski definition) is 6. The Balaban J connectivity index is 1.28. The third-order valence-corrected chi connectivity index (χ3v) is 9.29. The summed E-state index contributed by atoms with van der Waals surface area (Å²) in [6, 6.07) is 7.77. The van der Waals surface area contributed by atoms with Crippen LogP contribution >= 0.6 is 0 Å². The molecule has 2 bridgehead atoms. The van der Waals surface area contributed by atoms with Crippen LogP contribution in [0.4, 0.5) is 0 Å². The van der Waals surface area contributed by atoms with E-state index in [9.17, 15) is 14.4 Å². The maximum atomic E-state index is 14.2. The summed E-state index contributed by atoms with van der Waals surface area (Å²) in [7, 11) is 0. The molecule has 1 saturated carbocycles. The van der Waals surface area contributed by atoms with Gasteiger partial charge in [0.25, 0.3) is 0 Å². The van der Waals surface area contributed by atoms with Gasteiger partial charge >= 0.3 is 0 Å². The van der Waals surface area contributed by atoms with Crippen molar-refractivity contribution in [3.63, 3.8) is 0 Å². The average Bonchev–Trinajstić information content (AvgIpc) is 3.68. The topological polar surface area (TPSA) is 103 Å². The first-order chi connectivity index (χ1) is 18.5. The predicted octanol–water partition coefficient (Wildman–Crippen LogP) is 1.10. The smallest absolute Gasteiger partial charge is 0.243 e. The van der Waals surface area contributed by atoms with Crippen molar-refractivity contribution < 1.29 is 19.1 Å². The molecule has 0 unspecified atom stereocenters. The van der Waals surface area contributed by atoms with Gasteiger partial charge in [-0.2, -0.15) is 0 Å². The van der Waals surface area contributed by atoms with Gasteiger partial charge in [-0.1, -0.05) is 37.1 Å². The molecule has 4 fully saturated rings. The molecule has 4 atom stereocenters. The van der Waals surface area contributed by atoms with Crippen LogP contribution < -0.4 is 16.0 Å². The molecule has 9 heteroatoms. The largest absolute Gasteiger partial charge is 0.381 e. The fraction of sp³-hybridized carbons (Fsp3) is 0.690. The van der Waals surface area contributed by atoms with Crippen molar-refractivity contribution >= 4 is 17.7 Å². The van der Waals surface area contributed by atoms with Crippen LogP contribution in [0.2, 0.25) is 0 Å². The minimum Gasteiger partial charge on any atom is -0.381 e. The number of rotatable bonds is 3. The van der Waals surface area contributed by atoms with E-state index in [4.69, 9.17) is 4.74 Å². The van der Waals surface area contributed by atoms with Crippen LogP contribution in [0, 0.1) is 0 Å². The molecule has 1 aliphatic carbocycles. The van der Waals surface area contributed by atoms with Crippen molar-refractivity contribution in [3.05, 3.63) is 35.4 Å². The monoisotopic (exact) mass is 523 g/mol. The first kappa shape index (κ1) is 25.8. The number of likely N-dealkylation sites (tertiary alicyclic amines) is 1. The van der Waals surface area contributed by atoms with Crippen molar-refractivity contribution in [1.82, 2.24) is 25.8 Å². The average molecular weight is 524 g/mol. The first-order valence-electron chi connectivity index (χ1n) is 14.6. The molecule has 206 valence electrons. The van der Waals surface area contributed by atoms with Crippen molar-refractivity contribution in [3.8, 4) is 0 Å². The van der Waals surface area contributed by atoms with Gasteiger partial charge in [-0.15, -0.1) is 0 Å². The van der Waals surface area contributed by atoms with Gasteiger partial charge in [0.1, 0.15) is 6.04 Å². The molecule has 5 aliphatic rings. The van der Waals surface area contributed by atoms with E-state index in [0.717, 1.165) is 50.0 Å². The van der Waals surface area contributed by atoms with Gasteiger partial charge in [0.15, 0.2) is 0 Å². The third kappa shape index (κ3) is 5.46. The lowest BCUT2D eigenvalue weighted by Gasteiger charge is -2.34. The molecule has 9 nitrogen and oxygen atoms in total. The Morgan fingerprint density at radius 1 is 0.868 bits per heavy atom. The van der Waals surface area contributed by atoms with Crippen molar-refractivity contribution in [2.24, 2.45) is 0 Å². The summed E-state index contributed by atoms with van der Waals surface area (Å²) in [4.78, 5) is 45.1. The molecule has 0 spiro atoms. The first-order valence-corrected chi connectivity index (χ1v) is 14.6. The number of carbonyl (C=O) groups excluding carboxylic acids is 3. The van der Waals surface area contributed by atoms with Crippen molar-refractivity contribution in [2.45, 2.75) is 101 Å². The summed E-state index contributed by atoms with van der Waals surface area (Å²) in [5, 5.41) is 10.1. The molecule has 1 aromatic rings. The number of ether oxygens (including phenoxy) is 1. The summed E-state index contributed by atoms with van der Waals surface area (Å²) >= 11 is 0. The lowest BCUT2D eigenvalue weighted by atomic mass is 10.0. The van der Waals surface area contributed by atoms with E-state index in [1.807, 2.05) is 29.2 Å². The second-order valence-corrected chi connectivity index (χ2v) is 11.8. The fourth-order valence-corrected chi connectivity index (χ4v) is 7.34. The van der Waals surface area contributed by atoms with Gasteiger partial charge in [-0.25, -0.2) is 0 Å². The van der Waals surface area contributed by atoms with E-state index in [-0.39, 0.29) is 42.3 Å². The molecule has 1 aromatic carbocycles. The minimum absolute atomic E-state index is 0.0231. The highest BCUT2D eigenvalue weighted by molar-refractivity contribution is 5.91. The molecule has 3 saturated heterocycles. The normalized spacial score (nSPS) is 32.0. The Bertz CT molecular complexity index is 1040. The highest BCUT2D eigenvalue weighted by Crippen LogP contribution is 2.33. The zero-order chi connectivity index (χ0) is 26.1. The number of amides is 3. The lowest BCUT2D eigenvalue weighted by Crippen LogP contribution is -2.53. The highest BCUT2D eigenvalue weighted by Gasteiger charge is 2.48. The molecule has 0 radical (unpaired) electrons. The molecular weight excluding hydrogens is 482 g/mol. The number of benzene rings is 1. The molecule has 3 N–H and O–H groups in total. The Morgan fingerprint density at radius 3 is 2.42 bits per heavy atom. The van der Waals surface area contributed by atoms with Crippen molar-refractivity contribution in [1.29, 1.82) is 0 Å². The van der Waals surface area contributed by atoms with Crippen LogP contribution in [0.5, 0.6) is 0 Å². The van der Waals surface area contributed by atoms with E-state index in [1.165, 1.54) is 12.8 Å². The molecular formula is C29H41N5O4. The number of fused-ring (bicyclic) bond motifs is 4. The van der Waals surface area contributed by atoms with Crippen LogP contribution in [0.15, 0.2) is 24.3 Å². The molecule has 3 amide bonds. The molecule has 0 aromatic heterocycles. The zero-order valence-corrected chi connectivity index (χ0v) is 22.2. The summed E-state index contributed by atoms with van der Waals surface area (Å²) in [5.74, 6) is -0.0828. The van der Waals surface area contributed by atoms with E-state index in [0.29, 0.717) is 44.6 Å². The second kappa shape index (κ2) is 11.3. The summed E-state index contributed by atoms with van der Waals surface area (Å²) in [6.45, 7) is 3.09. The maximum Gasteiger partial charge on any atom is 0.243 e. The van der Waals surface area contributed by atoms with Gasteiger partial charge in [0.2, 0.25) is 17.7 Å². The molecule has 4 heterocycles. The number of carbonyl (C=O) groups is 3. The van der Waals surface area contributed by atoms with Crippen molar-refractivity contribution in [2.75, 3.05) is 26.3 Å². The lowest BCUT2D eigenvalue weighted by molar-refractivity contribution is -0.142. The minimum atomic E-state index is -0.492.